The Bertz CT molecular complexity index is 480. The maximum absolute atomic E-state index is 13.0. The fraction of sp³-hybridized carbons (Fsp3) is 0.467. The molecule has 0 saturated carbocycles. The molecule has 116 valence electrons. The highest BCUT2D eigenvalue weighted by atomic mass is 19.1. The lowest BCUT2D eigenvalue weighted by Crippen LogP contribution is -2.36. The number of carbonyl (C=O) groups is 2. The van der Waals surface area contributed by atoms with Crippen LogP contribution in [-0.2, 0) is 4.79 Å². The summed E-state index contributed by atoms with van der Waals surface area (Å²) in [5.41, 5.74) is 0.293. The summed E-state index contributed by atoms with van der Waals surface area (Å²) >= 11 is 0. The molecule has 0 bridgehead atoms. The number of rotatable bonds is 8. The monoisotopic (exact) mass is 295 g/mol. The Labute approximate surface area is 124 Å². The first-order chi connectivity index (χ1) is 10.0. The van der Waals surface area contributed by atoms with E-state index >= 15 is 0 Å². The number of benzene rings is 1. The van der Waals surface area contributed by atoms with Crippen LogP contribution in [-0.4, -0.2) is 38.5 Å². The molecule has 0 saturated heterocycles. The maximum atomic E-state index is 13.0. The summed E-state index contributed by atoms with van der Waals surface area (Å²) in [6.07, 6.45) is 0.624. The molecule has 0 heterocycles. The minimum absolute atomic E-state index is 0.0131. The van der Waals surface area contributed by atoms with Gasteiger partial charge in [0.1, 0.15) is 5.82 Å². The first-order valence-electron chi connectivity index (χ1n) is 7.00. The van der Waals surface area contributed by atoms with Crippen molar-refractivity contribution in [2.24, 2.45) is 5.92 Å². The minimum atomic E-state index is -0.437. The van der Waals surface area contributed by atoms with Gasteiger partial charge in [-0.2, -0.15) is 0 Å². The van der Waals surface area contributed by atoms with E-state index in [0.29, 0.717) is 31.6 Å². The van der Waals surface area contributed by atoms with Crippen LogP contribution in [0.3, 0.4) is 0 Å². The lowest BCUT2D eigenvalue weighted by atomic mass is 10.1. The summed E-state index contributed by atoms with van der Waals surface area (Å²) in [6.45, 7) is 3.39. The lowest BCUT2D eigenvalue weighted by Gasteiger charge is -2.11. The molecule has 0 aliphatic heterocycles. The third-order valence-electron chi connectivity index (χ3n) is 2.98. The van der Waals surface area contributed by atoms with Gasteiger partial charge in [-0.05, 0) is 31.7 Å². The predicted octanol–water partition coefficient (Wildman–Crippen LogP) is 0.917. The van der Waals surface area contributed by atoms with Gasteiger partial charge in [0.2, 0.25) is 5.91 Å². The van der Waals surface area contributed by atoms with E-state index in [9.17, 15) is 14.0 Å². The topological polar surface area (TPSA) is 70.2 Å². The van der Waals surface area contributed by atoms with Crippen LogP contribution in [0.5, 0.6) is 0 Å². The molecule has 21 heavy (non-hydrogen) atoms. The molecule has 1 aromatic rings. The summed E-state index contributed by atoms with van der Waals surface area (Å²) in [5, 5.41) is 8.42. The van der Waals surface area contributed by atoms with E-state index in [0.717, 1.165) is 0 Å². The van der Waals surface area contributed by atoms with Crippen molar-refractivity contribution >= 4 is 11.8 Å². The summed E-state index contributed by atoms with van der Waals surface area (Å²) in [7, 11) is 1.80. The van der Waals surface area contributed by atoms with E-state index < -0.39 is 5.82 Å². The molecule has 0 fully saturated rings. The largest absolute Gasteiger partial charge is 0.356 e. The Kier molecular flexibility index (Phi) is 7.39. The summed E-state index contributed by atoms with van der Waals surface area (Å²) in [6, 6.07) is 5.53. The molecule has 0 aromatic heterocycles. The second-order valence-electron chi connectivity index (χ2n) is 4.87. The predicted molar refractivity (Wildman–Crippen MR) is 79.5 cm³/mol. The number of hydrogen-bond acceptors (Lipinski definition) is 3. The second-order valence-corrected chi connectivity index (χ2v) is 4.87. The fourth-order valence-corrected chi connectivity index (χ4v) is 1.81. The average molecular weight is 295 g/mol. The fourth-order valence-electron chi connectivity index (χ4n) is 1.81. The third kappa shape index (κ3) is 6.35. The molecule has 0 spiro atoms. The second kappa shape index (κ2) is 9.07. The molecule has 5 nitrogen and oxygen atoms in total. The number of amides is 2. The summed E-state index contributed by atoms with van der Waals surface area (Å²) in [4.78, 5) is 23.3. The van der Waals surface area contributed by atoms with Crippen molar-refractivity contribution in [3.63, 3.8) is 0 Å². The SMILES string of the molecule is CNCC(C)C(=O)NCCCNC(=O)c1cccc(F)c1. The molecule has 1 aromatic carbocycles. The van der Waals surface area contributed by atoms with Crippen LogP contribution in [0.25, 0.3) is 0 Å². The lowest BCUT2D eigenvalue weighted by molar-refractivity contribution is -0.124. The summed E-state index contributed by atoms with van der Waals surface area (Å²) in [5.74, 6) is -0.851. The van der Waals surface area contributed by atoms with E-state index in [1.807, 2.05) is 6.92 Å². The zero-order valence-electron chi connectivity index (χ0n) is 12.4. The summed E-state index contributed by atoms with van der Waals surface area (Å²) < 4.78 is 13.0. The van der Waals surface area contributed by atoms with Gasteiger partial charge < -0.3 is 16.0 Å². The van der Waals surface area contributed by atoms with E-state index in [1.54, 1.807) is 13.1 Å². The Hall–Kier alpha value is -1.95. The van der Waals surface area contributed by atoms with Gasteiger partial charge in [0.25, 0.3) is 5.91 Å². The van der Waals surface area contributed by atoms with Crippen molar-refractivity contribution in [2.75, 3.05) is 26.7 Å². The first kappa shape index (κ1) is 17.1. The van der Waals surface area contributed by atoms with Gasteiger partial charge in [-0.3, -0.25) is 9.59 Å². The van der Waals surface area contributed by atoms with Gasteiger partial charge in [-0.15, -0.1) is 0 Å². The van der Waals surface area contributed by atoms with E-state index in [-0.39, 0.29) is 17.7 Å². The Balaban J connectivity index is 2.20. The van der Waals surface area contributed by atoms with Crippen molar-refractivity contribution in [1.82, 2.24) is 16.0 Å². The van der Waals surface area contributed by atoms with E-state index in [2.05, 4.69) is 16.0 Å². The Morgan fingerprint density at radius 3 is 2.62 bits per heavy atom. The van der Waals surface area contributed by atoms with Crippen molar-refractivity contribution < 1.29 is 14.0 Å². The van der Waals surface area contributed by atoms with Crippen LogP contribution in [0, 0.1) is 11.7 Å². The van der Waals surface area contributed by atoms with Crippen LogP contribution >= 0.6 is 0 Å². The van der Waals surface area contributed by atoms with Gasteiger partial charge in [0.05, 0.1) is 0 Å². The zero-order chi connectivity index (χ0) is 15.7. The highest BCUT2D eigenvalue weighted by molar-refractivity contribution is 5.94. The number of carbonyl (C=O) groups excluding carboxylic acids is 2. The molecular weight excluding hydrogens is 273 g/mol. The van der Waals surface area contributed by atoms with E-state index in [1.165, 1.54) is 18.2 Å². The highest BCUT2D eigenvalue weighted by Crippen LogP contribution is 2.02. The van der Waals surface area contributed by atoms with Crippen LogP contribution in [0.15, 0.2) is 24.3 Å². The Morgan fingerprint density at radius 1 is 1.24 bits per heavy atom. The molecular formula is C15H22FN3O2. The molecule has 1 rings (SSSR count). The van der Waals surface area contributed by atoms with Gasteiger partial charge in [0, 0.05) is 31.1 Å². The molecule has 0 aliphatic carbocycles. The average Bonchev–Trinajstić information content (AvgIpc) is 2.46. The molecule has 3 N–H and O–H groups in total. The van der Waals surface area contributed by atoms with Crippen LogP contribution in [0.1, 0.15) is 23.7 Å². The molecule has 0 radical (unpaired) electrons. The van der Waals surface area contributed by atoms with Crippen molar-refractivity contribution in [3.05, 3.63) is 35.6 Å². The Morgan fingerprint density at radius 2 is 1.95 bits per heavy atom. The van der Waals surface area contributed by atoms with Gasteiger partial charge in [-0.1, -0.05) is 13.0 Å². The van der Waals surface area contributed by atoms with Gasteiger partial charge in [0.15, 0.2) is 0 Å². The molecule has 0 aliphatic rings. The molecule has 1 unspecified atom stereocenters. The smallest absolute Gasteiger partial charge is 0.251 e. The number of hydrogen-bond donors (Lipinski definition) is 3. The molecule has 6 heteroatoms. The van der Waals surface area contributed by atoms with Crippen LogP contribution in [0.2, 0.25) is 0 Å². The van der Waals surface area contributed by atoms with E-state index in [4.69, 9.17) is 0 Å². The van der Waals surface area contributed by atoms with Crippen LogP contribution in [0.4, 0.5) is 4.39 Å². The van der Waals surface area contributed by atoms with Crippen molar-refractivity contribution in [1.29, 1.82) is 0 Å². The maximum Gasteiger partial charge on any atom is 0.251 e. The van der Waals surface area contributed by atoms with Crippen molar-refractivity contribution in [2.45, 2.75) is 13.3 Å². The zero-order valence-corrected chi connectivity index (χ0v) is 12.4. The molecule has 2 amide bonds. The normalized spacial score (nSPS) is 11.8. The minimum Gasteiger partial charge on any atom is -0.356 e. The number of halogens is 1. The standard InChI is InChI=1S/C15H22FN3O2/c1-11(10-17-2)14(20)18-7-4-8-19-15(21)12-5-3-6-13(16)9-12/h3,5-6,9,11,17H,4,7-8,10H2,1-2H3,(H,18,20)(H,19,21). The highest BCUT2D eigenvalue weighted by Gasteiger charge is 2.10. The first-order valence-corrected chi connectivity index (χ1v) is 7.00. The molecule has 1 atom stereocenters. The third-order valence-corrected chi connectivity index (χ3v) is 2.98. The van der Waals surface area contributed by atoms with Crippen molar-refractivity contribution in [3.8, 4) is 0 Å². The quantitative estimate of drug-likeness (QED) is 0.625. The number of nitrogens with one attached hydrogen (secondary N) is 3. The van der Waals surface area contributed by atoms with Gasteiger partial charge >= 0.3 is 0 Å². The van der Waals surface area contributed by atoms with Crippen LogP contribution < -0.4 is 16.0 Å². The van der Waals surface area contributed by atoms with Gasteiger partial charge in [-0.25, -0.2) is 4.39 Å².